The van der Waals surface area contributed by atoms with Crippen LogP contribution in [-0.4, -0.2) is 44.7 Å². The van der Waals surface area contributed by atoms with Crippen molar-refractivity contribution < 1.29 is 5.11 Å². The van der Waals surface area contributed by atoms with E-state index in [1.165, 1.54) is 0 Å². The van der Waals surface area contributed by atoms with Crippen LogP contribution in [0.5, 0.6) is 0 Å². The van der Waals surface area contributed by atoms with Crippen molar-refractivity contribution in [2.24, 2.45) is 0 Å². The molecule has 6 heteroatoms. The van der Waals surface area contributed by atoms with Gasteiger partial charge in [0.05, 0.1) is 6.61 Å². The first-order chi connectivity index (χ1) is 9.74. The van der Waals surface area contributed by atoms with Crippen molar-refractivity contribution >= 4 is 17.4 Å². The molecule has 0 radical (unpaired) electrons. The molecular formula is C14H22N4OS. The first-order valence-electron chi connectivity index (χ1n) is 6.97. The van der Waals surface area contributed by atoms with Gasteiger partial charge in [-0.2, -0.15) is 0 Å². The summed E-state index contributed by atoms with van der Waals surface area (Å²) in [5, 5.41) is 22.0. The summed E-state index contributed by atoms with van der Waals surface area (Å²) >= 11 is 1.71. The zero-order valence-electron chi connectivity index (χ0n) is 12.0. The van der Waals surface area contributed by atoms with Crippen molar-refractivity contribution in [3.63, 3.8) is 0 Å². The van der Waals surface area contributed by atoms with Crippen molar-refractivity contribution in [3.05, 3.63) is 24.4 Å². The maximum Gasteiger partial charge on any atom is 0.195 e. The summed E-state index contributed by atoms with van der Waals surface area (Å²) in [6.07, 6.45) is 4.90. The summed E-state index contributed by atoms with van der Waals surface area (Å²) in [5.74, 6) is 0.971. The van der Waals surface area contributed by atoms with E-state index in [4.69, 9.17) is 0 Å². The predicted octanol–water partition coefficient (Wildman–Crippen LogP) is 1.96. The van der Waals surface area contributed by atoms with Gasteiger partial charge in [0, 0.05) is 17.5 Å². The molecular weight excluding hydrogens is 272 g/mol. The number of fused-ring (bicyclic) bond motifs is 1. The zero-order valence-corrected chi connectivity index (χ0v) is 12.9. The Balaban J connectivity index is 1.87. The van der Waals surface area contributed by atoms with E-state index in [9.17, 15) is 5.11 Å². The monoisotopic (exact) mass is 294 g/mol. The highest BCUT2D eigenvalue weighted by Gasteiger charge is 2.24. The quantitative estimate of drug-likeness (QED) is 0.576. The van der Waals surface area contributed by atoms with Crippen molar-refractivity contribution in [2.75, 3.05) is 19.4 Å². The van der Waals surface area contributed by atoms with Crippen LogP contribution < -0.4 is 5.32 Å². The normalized spacial score (nSPS) is 14.6. The SMILES string of the molecule is CCC(CO)(CCCSc1nnc2ccccn12)NC. The van der Waals surface area contributed by atoms with Gasteiger partial charge in [-0.05, 0) is 38.4 Å². The average Bonchev–Trinajstić information content (AvgIpc) is 2.92. The zero-order chi connectivity index (χ0) is 14.4. The molecule has 110 valence electrons. The first-order valence-corrected chi connectivity index (χ1v) is 7.95. The van der Waals surface area contributed by atoms with Crippen LogP contribution in [0.15, 0.2) is 29.6 Å². The van der Waals surface area contributed by atoms with Crippen LogP contribution in [0, 0.1) is 0 Å². The van der Waals surface area contributed by atoms with Gasteiger partial charge in [0.2, 0.25) is 0 Å². The van der Waals surface area contributed by atoms with Crippen molar-refractivity contribution in [1.29, 1.82) is 0 Å². The lowest BCUT2D eigenvalue weighted by Gasteiger charge is -2.30. The fourth-order valence-electron chi connectivity index (χ4n) is 2.24. The van der Waals surface area contributed by atoms with Gasteiger partial charge in [-0.25, -0.2) is 0 Å². The number of hydrogen-bond donors (Lipinski definition) is 2. The Hall–Kier alpha value is -1.11. The van der Waals surface area contributed by atoms with Crippen LogP contribution in [-0.2, 0) is 0 Å². The Labute approximate surface area is 123 Å². The van der Waals surface area contributed by atoms with Crippen LogP contribution in [0.3, 0.4) is 0 Å². The Morgan fingerprint density at radius 3 is 2.95 bits per heavy atom. The van der Waals surface area contributed by atoms with E-state index >= 15 is 0 Å². The molecule has 2 aromatic rings. The Bertz CT molecular complexity index is 530. The number of rotatable bonds is 8. The first kappa shape index (κ1) is 15.3. The van der Waals surface area contributed by atoms with Gasteiger partial charge >= 0.3 is 0 Å². The van der Waals surface area contributed by atoms with E-state index in [1.54, 1.807) is 11.8 Å². The summed E-state index contributed by atoms with van der Waals surface area (Å²) in [6.45, 7) is 2.28. The number of aliphatic hydroxyl groups excluding tert-OH is 1. The average molecular weight is 294 g/mol. The molecule has 0 fully saturated rings. The molecule has 0 amide bonds. The van der Waals surface area contributed by atoms with Gasteiger partial charge in [0.25, 0.3) is 0 Å². The number of aromatic nitrogens is 3. The number of nitrogens with zero attached hydrogens (tertiary/aromatic N) is 3. The second kappa shape index (κ2) is 7.06. The minimum absolute atomic E-state index is 0.145. The second-order valence-corrected chi connectivity index (χ2v) is 5.97. The maximum atomic E-state index is 9.51. The van der Waals surface area contributed by atoms with E-state index < -0.39 is 0 Å². The molecule has 2 N–H and O–H groups in total. The second-order valence-electron chi connectivity index (χ2n) is 4.91. The third-order valence-electron chi connectivity index (χ3n) is 3.82. The van der Waals surface area contributed by atoms with E-state index in [0.29, 0.717) is 0 Å². The molecule has 0 bridgehead atoms. The molecule has 0 saturated heterocycles. The summed E-state index contributed by atoms with van der Waals surface area (Å²) in [5.41, 5.74) is 0.733. The molecule has 1 unspecified atom stereocenters. The third-order valence-corrected chi connectivity index (χ3v) is 4.85. The molecule has 5 nitrogen and oxygen atoms in total. The van der Waals surface area contributed by atoms with E-state index in [0.717, 1.165) is 35.8 Å². The fraction of sp³-hybridized carbons (Fsp3) is 0.571. The highest BCUT2D eigenvalue weighted by atomic mass is 32.2. The van der Waals surface area contributed by atoms with Crippen molar-refractivity contribution in [1.82, 2.24) is 19.9 Å². The maximum absolute atomic E-state index is 9.51. The number of pyridine rings is 1. The van der Waals surface area contributed by atoms with E-state index in [-0.39, 0.29) is 12.1 Å². The molecule has 20 heavy (non-hydrogen) atoms. The topological polar surface area (TPSA) is 62.5 Å². The van der Waals surface area contributed by atoms with Gasteiger partial charge in [-0.15, -0.1) is 10.2 Å². The Morgan fingerprint density at radius 2 is 2.25 bits per heavy atom. The lowest BCUT2D eigenvalue weighted by Crippen LogP contribution is -2.45. The van der Waals surface area contributed by atoms with Gasteiger partial charge < -0.3 is 10.4 Å². The summed E-state index contributed by atoms with van der Waals surface area (Å²) in [4.78, 5) is 0. The molecule has 1 atom stereocenters. The Kier molecular flexibility index (Phi) is 5.39. The van der Waals surface area contributed by atoms with Crippen LogP contribution in [0.1, 0.15) is 26.2 Å². The smallest absolute Gasteiger partial charge is 0.195 e. The third kappa shape index (κ3) is 3.31. The largest absolute Gasteiger partial charge is 0.394 e. The molecule has 0 spiro atoms. The van der Waals surface area contributed by atoms with Gasteiger partial charge in [0.1, 0.15) is 0 Å². The molecule has 2 rings (SSSR count). The highest BCUT2D eigenvalue weighted by Crippen LogP contribution is 2.22. The highest BCUT2D eigenvalue weighted by molar-refractivity contribution is 7.99. The number of thioether (sulfide) groups is 1. The molecule has 0 aliphatic carbocycles. The molecule has 0 aromatic carbocycles. The van der Waals surface area contributed by atoms with E-state index in [2.05, 4.69) is 22.4 Å². The fourth-order valence-corrected chi connectivity index (χ4v) is 3.10. The standard InChI is InChI=1S/C14H22N4OS/c1-3-14(11-19,15-2)8-6-10-20-13-17-16-12-7-4-5-9-18(12)13/h4-5,7,9,15,19H,3,6,8,10-11H2,1-2H3. The molecule has 2 heterocycles. The number of aliphatic hydroxyl groups is 1. The summed E-state index contributed by atoms with van der Waals surface area (Å²) < 4.78 is 2.00. The summed E-state index contributed by atoms with van der Waals surface area (Å²) in [7, 11) is 1.92. The summed E-state index contributed by atoms with van der Waals surface area (Å²) in [6, 6.07) is 5.89. The van der Waals surface area contributed by atoms with Crippen LogP contribution >= 0.6 is 11.8 Å². The van der Waals surface area contributed by atoms with E-state index in [1.807, 2.05) is 35.8 Å². The van der Waals surface area contributed by atoms with Gasteiger partial charge in [0.15, 0.2) is 10.8 Å². The molecule has 0 saturated carbocycles. The predicted molar refractivity (Wildman–Crippen MR) is 82.1 cm³/mol. The Morgan fingerprint density at radius 1 is 1.40 bits per heavy atom. The lowest BCUT2D eigenvalue weighted by atomic mass is 9.92. The number of nitrogens with one attached hydrogen (secondary N) is 1. The molecule has 2 aromatic heterocycles. The van der Waals surface area contributed by atoms with Crippen LogP contribution in [0.2, 0.25) is 0 Å². The molecule has 0 aliphatic heterocycles. The van der Waals surface area contributed by atoms with Gasteiger partial charge in [-0.3, -0.25) is 4.40 Å². The molecule has 0 aliphatic rings. The number of hydrogen-bond acceptors (Lipinski definition) is 5. The van der Waals surface area contributed by atoms with Crippen molar-refractivity contribution in [3.8, 4) is 0 Å². The lowest BCUT2D eigenvalue weighted by molar-refractivity contribution is 0.154. The minimum Gasteiger partial charge on any atom is -0.394 e. The minimum atomic E-state index is -0.145. The van der Waals surface area contributed by atoms with Crippen LogP contribution in [0.4, 0.5) is 0 Å². The number of likely N-dealkylation sites (N-methyl/N-ethyl adjacent to an activating group) is 1. The van der Waals surface area contributed by atoms with Crippen LogP contribution in [0.25, 0.3) is 5.65 Å². The van der Waals surface area contributed by atoms with Gasteiger partial charge in [-0.1, -0.05) is 24.8 Å². The van der Waals surface area contributed by atoms with Crippen molar-refractivity contribution in [2.45, 2.75) is 36.9 Å².